The summed E-state index contributed by atoms with van der Waals surface area (Å²) >= 11 is 12.6. The first-order valence-corrected chi connectivity index (χ1v) is 11.3. The van der Waals surface area contributed by atoms with Gasteiger partial charge in [-0.1, -0.05) is 44.0 Å². The van der Waals surface area contributed by atoms with Crippen LogP contribution in [0.5, 0.6) is 17.2 Å². The van der Waals surface area contributed by atoms with Crippen molar-refractivity contribution >= 4 is 45.5 Å². The van der Waals surface area contributed by atoms with Crippen LogP contribution < -0.4 is 19.5 Å². The van der Waals surface area contributed by atoms with Crippen molar-refractivity contribution in [1.82, 2.24) is 4.98 Å². The number of nitrogens with one attached hydrogen (secondary N) is 1. The van der Waals surface area contributed by atoms with Gasteiger partial charge < -0.3 is 19.5 Å². The summed E-state index contributed by atoms with van der Waals surface area (Å²) < 4.78 is 16.9. The predicted molar refractivity (Wildman–Crippen MR) is 133 cm³/mol. The maximum absolute atomic E-state index is 9.70. The molecule has 0 atom stereocenters. The minimum atomic E-state index is 0.248. The second-order valence-corrected chi connectivity index (χ2v) is 9.60. The molecule has 0 aliphatic rings. The van der Waals surface area contributed by atoms with Crippen molar-refractivity contribution < 1.29 is 14.2 Å². The number of benzene rings is 2. The molecule has 1 heterocycles. The lowest BCUT2D eigenvalue weighted by Crippen LogP contribution is -2.08. The fourth-order valence-corrected chi connectivity index (χ4v) is 3.90. The predicted octanol–water partition coefficient (Wildman–Crippen LogP) is 7.38. The molecule has 3 rings (SSSR count). The first kappa shape index (κ1) is 24.8. The van der Waals surface area contributed by atoms with E-state index in [1.807, 2.05) is 12.1 Å². The molecular weight excluding hydrogens is 461 g/mol. The van der Waals surface area contributed by atoms with Crippen LogP contribution in [0.1, 0.15) is 39.2 Å². The molecule has 0 radical (unpaired) electrons. The summed E-state index contributed by atoms with van der Waals surface area (Å²) in [5.74, 6) is 1.62. The van der Waals surface area contributed by atoms with Crippen LogP contribution in [0.4, 0.5) is 11.4 Å². The number of ether oxygens (including phenoxy) is 3. The molecule has 6 nitrogen and oxygen atoms in total. The number of hydrogen-bond donors (Lipinski definition) is 1. The van der Waals surface area contributed by atoms with E-state index in [2.05, 4.69) is 37.1 Å². The van der Waals surface area contributed by atoms with Crippen LogP contribution in [0.25, 0.3) is 10.9 Å². The Morgan fingerprint density at radius 3 is 2.36 bits per heavy atom. The smallest absolute Gasteiger partial charge is 0.163 e. The molecule has 3 aromatic rings. The molecule has 8 heteroatoms. The first-order valence-electron chi connectivity index (χ1n) is 10.5. The van der Waals surface area contributed by atoms with Crippen molar-refractivity contribution in [2.75, 3.05) is 26.1 Å². The number of fused-ring (bicyclic) bond motifs is 1. The number of hydrogen-bond acceptors (Lipinski definition) is 6. The van der Waals surface area contributed by atoms with Gasteiger partial charge in [-0.15, -0.1) is 0 Å². The highest BCUT2D eigenvalue weighted by molar-refractivity contribution is 6.37. The minimum Gasteiger partial charge on any atom is -0.495 e. The van der Waals surface area contributed by atoms with E-state index in [4.69, 9.17) is 37.4 Å². The molecular formula is C25H27Cl2N3O3. The quantitative estimate of drug-likeness (QED) is 0.334. The van der Waals surface area contributed by atoms with E-state index in [1.54, 1.807) is 19.2 Å². The standard InChI is InChI=1S/C25H27Cl2N3O3/c1-25(2,3)7-6-8-33-23-11-19-16(9-22(23)32-5)24(15(13-28)14-29-19)30-20-12-21(31-4)18(27)10-17(20)26/h9-12,14H,6-8H2,1-5H3,(H,29,30). The molecule has 0 spiro atoms. The Balaban J connectivity index is 2.01. The number of nitriles is 1. The highest BCUT2D eigenvalue weighted by atomic mass is 35.5. The zero-order chi connectivity index (χ0) is 24.2. The molecule has 0 saturated carbocycles. The molecule has 33 heavy (non-hydrogen) atoms. The molecule has 1 N–H and O–H groups in total. The van der Waals surface area contributed by atoms with E-state index in [9.17, 15) is 5.26 Å². The lowest BCUT2D eigenvalue weighted by molar-refractivity contribution is 0.258. The van der Waals surface area contributed by atoms with E-state index in [0.717, 1.165) is 12.8 Å². The van der Waals surface area contributed by atoms with Gasteiger partial charge in [-0.05, 0) is 30.4 Å². The normalized spacial score (nSPS) is 11.2. The third-order valence-corrected chi connectivity index (χ3v) is 5.71. The average molecular weight is 488 g/mol. The zero-order valence-corrected chi connectivity index (χ0v) is 20.9. The van der Waals surface area contributed by atoms with Crippen molar-refractivity contribution in [3.05, 3.63) is 46.1 Å². The number of anilines is 2. The molecule has 1 aromatic heterocycles. The van der Waals surface area contributed by atoms with E-state index in [1.165, 1.54) is 13.3 Å². The lowest BCUT2D eigenvalue weighted by Gasteiger charge is -2.19. The summed E-state index contributed by atoms with van der Waals surface area (Å²) in [6.07, 6.45) is 3.49. The highest BCUT2D eigenvalue weighted by Gasteiger charge is 2.17. The van der Waals surface area contributed by atoms with E-state index < -0.39 is 0 Å². The van der Waals surface area contributed by atoms with Crippen LogP contribution in [0, 0.1) is 16.7 Å². The van der Waals surface area contributed by atoms with Crippen LogP contribution in [0.2, 0.25) is 10.0 Å². The Hall–Kier alpha value is -2.88. The van der Waals surface area contributed by atoms with Gasteiger partial charge >= 0.3 is 0 Å². The number of rotatable bonds is 8. The second-order valence-electron chi connectivity index (χ2n) is 8.78. The van der Waals surface area contributed by atoms with Crippen molar-refractivity contribution in [1.29, 1.82) is 5.26 Å². The van der Waals surface area contributed by atoms with Gasteiger partial charge in [0.2, 0.25) is 0 Å². The summed E-state index contributed by atoms with van der Waals surface area (Å²) in [4.78, 5) is 4.45. The van der Waals surface area contributed by atoms with Crippen molar-refractivity contribution in [2.45, 2.75) is 33.6 Å². The van der Waals surface area contributed by atoms with Gasteiger partial charge in [-0.25, -0.2) is 0 Å². The second kappa shape index (κ2) is 10.4. The third kappa shape index (κ3) is 5.93. The highest BCUT2D eigenvalue weighted by Crippen LogP contribution is 2.40. The number of methoxy groups -OCH3 is 2. The van der Waals surface area contributed by atoms with Gasteiger partial charge in [0.25, 0.3) is 0 Å². The minimum absolute atomic E-state index is 0.248. The average Bonchev–Trinajstić information content (AvgIpc) is 2.77. The Morgan fingerprint density at radius 1 is 1.00 bits per heavy atom. The molecule has 0 aliphatic heterocycles. The topological polar surface area (TPSA) is 76.4 Å². The summed E-state index contributed by atoms with van der Waals surface area (Å²) in [6, 6.07) is 9.08. The molecule has 0 aliphatic carbocycles. The van der Waals surface area contributed by atoms with Gasteiger partial charge in [0.05, 0.1) is 53.3 Å². The Labute approximate surface area is 204 Å². The molecule has 0 bridgehead atoms. The molecule has 0 amide bonds. The molecule has 0 fully saturated rings. The summed E-state index contributed by atoms with van der Waals surface area (Å²) in [5, 5.41) is 14.4. The van der Waals surface area contributed by atoms with Gasteiger partial charge in [-0.2, -0.15) is 5.26 Å². The first-order chi connectivity index (χ1) is 15.7. The van der Waals surface area contributed by atoms with Crippen LogP contribution in [0.15, 0.2) is 30.5 Å². The summed E-state index contributed by atoms with van der Waals surface area (Å²) in [5.41, 5.74) is 2.35. The van der Waals surface area contributed by atoms with E-state index in [0.29, 0.717) is 61.7 Å². The fourth-order valence-electron chi connectivity index (χ4n) is 3.39. The SMILES string of the molecule is COc1cc(Nc2c(C#N)cnc3cc(OCCCC(C)(C)C)c(OC)cc23)c(Cl)cc1Cl. The number of halogens is 2. The van der Waals surface area contributed by atoms with Crippen LogP contribution in [-0.4, -0.2) is 25.8 Å². The van der Waals surface area contributed by atoms with Gasteiger partial charge in [-0.3, -0.25) is 4.98 Å². The van der Waals surface area contributed by atoms with E-state index >= 15 is 0 Å². The maximum Gasteiger partial charge on any atom is 0.163 e. The summed E-state index contributed by atoms with van der Waals surface area (Å²) in [7, 11) is 3.11. The van der Waals surface area contributed by atoms with Crippen molar-refractivity contribution in [2.24, 2.45) is 5.41 Å². The lowest BCUT2D eigenvalue weighted by atomic mass is 9.91. The Bertz CT molecular complexity index is 1200. The zero-order valence-electron chi connectivity index (χ0n) is 19.4. The van der Waals surface area contributed by atoms with Gasteiger partial charge in [0, 0.05) is 23.7 Å². The van der Waals surface area contributed by atoms with E-state index in [-0.39, 0.29) is 5.41 Å². The third-order valence-electron chi connectivity index (χ3n) is 5.10. The monoisotopic (exact) mass is 487 g/mol. The largest absolute Gasteiger partial charge is 0.495 e. The fraction of sp³-hybridized carbons (Fsp3) is 0.360. The summed E-state index contributed by atoms with van der Waals surface area (Å²) in [6.45, 7) is 7.19. The molecule has 174 valence electrons. The van der Waals surface area contributed by atoms with Crippen molar-refractivity contribution in [3.8, 4) is 23.3 Å². The van der Waals surface area contributed by atoms with Crippen LogP contribution in [0.3, 0.4) is 0 Å². The number of nitrogens with zero attached hydrogens (tertiary/aromatic N) is 2. The van der Waals surface area contributed by atoms with Crippen LogP contribution in [-0.2, 0) is 0 Å². The van der Waals surface area contributed by atoms with Crippen LogP contribution >= 0.6 is 23.2 Å². The maximum atomic E-state index is 9.70. The Kier molecular flexibility index (Phi) is 7.78. The van der Waals surface area contributed by atoms with Crippen molar-refractivity contribution in [3.63, 3.8) is 0 Å². The van der Waals surface area contributed by atoms with Gasteiger partial charge in [0.15, 0.2) is 11.5 Å². The van der Waals surface area contributed by atoms with Gasteiger partial charge in [0.1, 0.15) is 11.8 Å². The molecule has 0 saturated heterocycles. The Morgan fingerprint density at radius 2 is 1.73 bits per heavy atom. The molecule has 2 aromatic carbocycles. The number of pyridine rings is 1. The molecule has 0 unspecified atom stereocenters. The number of aromatic nitrogens is 1.